The molecule has 1 aliphatic heterocycles. The van der Waals surface area contributed by atoms with Crippen molar-refractivity contribution in [2.24, 2.45) is 0 Å². The number of benzene rings is 2. The molecular weight excluding hydrogens is 388 g/mol. The highest BCUT2D eigenvalue weighted by molar-refractivity contribution is 8.00. The maximum Gasteiger partial charge on any atom is 0.262 e. The van der Waals surface area contributed by atoms with Crippen molar-refractivity contribution in [3.05, 3.63) is 36.4 Å². The number of hydrogen-bond acceptors (Lipinski definition) is 6. The van der Waals surface area contributed by atoms with Crippen LogP contribution in [0.5, 0.6) is 11.5 Å². The second-order valence-electron chi connectivity index (χ2n) is 6.01. The van der Waals surface area contributed by atoms with Gasteiger partial charge in [-0.25, -0.2) is 8.42 Å². The fraction of sp³-hybridized carbons (Fsp3) is 0.278. The van der Waals surface area contributed by atoms with Gasteiger partial charge in [0, 0.05) is 22.6 Å². The molecule has 9 heteroatoms. The lowest BCUT2D eigenvalue weighted by Crippen LogP contribution is -2.15. The number of anilines is 2. The van der Waals surface area contributed by atoms with Gasteiger partial charge >= 0.3 is 0 Å². The quantitative estimate of drug-likeness (QED) is 0.788. The Hall–Kier alpha value is -2.39. The van der Waals surface area contributed by atoms with E-state index >= 15 is 0 Å². The Balaban J connectivity index is 1.93. The van der Waals surface area contributed by atoms with E-state index in [2.05, 4.69) is 10.0 Å². The molecule has 0 saturated heterocycles. The number of rotatable bonds is 5. The van der Waals surface area contributed by atoms with Crippen LogP contribution >= 0.6 is 11.8 Å². The van der Waals surface area contributed by atoms with Crippen molar-refractivity contribution in [2.45, 2.75) is 28.4 Å². The van der Waals surface area contributed by atoms with Crippen LogP contribution in [0.15, 0.2) is 46.2 Å². The number of methoxy groups -OCH3 is 2. The molecule has 1 amide bonds. The Morgan fingerprint density at radius 3 is 2.63 bits per heavy atom. The first-order valence-electron chi connectivity index (χ1n) is 8.18. The average Bonchev–Trinajstić information content (AvgIpc) is 2.77. The zero-order valence-corrected chi connectivity index (χ0v) is 16.7. The number of ether oxygens (including phenoxy) is 2. The van der Waals surface area contributed by atoms with Crippen molar-refractivity contribution in [1.29, 1.82) is 0 Å². The summed E-state index contributed by atoms with van der Waals surface area (Å²) in [4.78, 5) is 12.8. The minimum absolute atomic E-state index is 0.0505. The van der Waals surface area contributed by atoms with Gasteiger partial charge in [0.1, 0.15) is 11.5 Å². The van der Waals surface area contributed by atoms with Gasteiger partial charge in [0.25, 0.3) is 10.0 Å². The van der Waals surface area contributed by atoms with E-state index in [1.165, 1.54) is 38.1 Å². The normalized spacial score (nSPS) is 16.7. The third kappa shape index (κ3) is 4.30. The highest BCUT2D eigenvalue weighted by Gasteiger charge is 2.23. The Kier molecular flexibility index (Phi) is 5.52. The molecule has 2 aromatic carbocycles. The molecule has 0 unspecified atom stereocenters. The van der Waals surface area contributed by atoms with E-state index in [1.807, 2.05) is 6.92 Å². The van der Waals surface area contributed by atoms with E-state index in [-0.39, 0.29) is 16.1 Å². The molecule has 0 aliphatic carbocycles. The third-order valence-corrected chi connectivity index (χ3v) is 6.53. The topological polar surface area (TPSA) is 93.7 Å². The average molecular weight is 409 g/mol. The molecule has 2 aromatic rings. The van der Waals surface area contributed by atoms with E-state index in [1.54, 1.807) is 24.3 Å². The zero-order valence-electron chi connectivity index (χ0n) is 15.1. The van der Waals surface area contributed by atoms with Crippen molar-refractivity contribution in [1.82, 2.24) is 0 Å². The number of carbonyl (C=O) groups is 1. The third-order valence-electron chi connectivity index (χ3n) is 3.99. The van der Waals surface area contributed by atoms with E-state index in [4.69, 9.17) is 9.47 Å². The molecule has 7 nitrogen and oxygen atoms in total. The van der Waals surface area contributed by atoms with Gasteiger partial charge in [-0.1, -0.05) is 6.92 Å². The summed E-state index contributed by atoms with van der Waals surface area (Å²) in [5, 5.41) is 2.89. The van der Waals surface area contributed by atoms with Gasteiger partial charge < -0.3 is 14.8 Å². The Labute approximate surface area is 162 Å². The lowest BCUT2D eigenvalue weighted by atomic mass is 10.3. The highest BCUT2D eigenvalue weighted by atomic mass is 32.2. The van der Waals surface area contributed by atoms with Crippen molar-refractivity contribution in [3.8, 4) is 11.5 Å². The fourth-order valence-electron chi connectivity index (χ4n) is 2.68. The van der Waals surface area contributed by atoms with Crippen molar-refractivity contribution >= 4 is 39.1 Å². The summed E-state index contributed by atoms with van der Waals surface area (Å²) in [6, 6.07) is 9.49. The molecule has 2 N–H and O–H groups in total. The first-order chi connectivity index (χ1) is 12.8. The van der Waals surface area contributed by atoms with Crippen LogP contribution in [0.1, 0.15) is 13.3 Å². The van der Waals surface area contributed by atoms with Crippen LogP contribution in [-0.4, -0.2) is 33.8 Å². The van der Waals surface area contributed by atoms with Crippen molar-refractivity contribution in [2.75, 3.05) is 24.3 Å². The standard InChI is InChI=1S/C18H20N2O5S2/c1-11-8-18(21)19-15-10-13(5-7-17(15)26-11)27(22,23)20-14-6-4-12(24-2)9-16(14)25-3/h4-7,9-11,20H,8H2,1-3H3,(H,19,21)/t11-/m0/s1. The van der Waals surface area contributed by atoms with Crippen LogP contribution in [0.3, 0.4) is 0 Å². The van der Waals surface area contributed by atoms with Gasteiger partial charge in [-0.15, -0.1) is 11.8 Å². The van der Waals surface area contributed by atoms with Crippen LogP contribution in [0, 0.1) is 0 Å². The molecule has 1 heterocycles. The first-order valence-corrected chi connectivity index (χ1v) is 10.5. The molecule has 0 radical (unpaired) electrons. The Bertz CT molecular complexity index is 976. The minimum Gasteiger partial charge on any atom is -0.497 e. The van der Waals surface area contributed by atoms with E-state index in [0.29, 0.717) is 29.3 Å². The van der Waals surface area contributed by atoms with Crippen LogP contribution in [0.25, 0.3) is 0 Å². The summed E-state index contributed by atoms with van der Waals surface area (Å²) in [5.74, 6) is 0.757. The number of fused-ring (bicyclic) bond motifs is 1. The molecule has 0 fully saturated rings. The van der Waals surface area contributed by atoms with Crippen LogP contribution < -0.4 is 19.5 Å². The predicted octanol–water partition coefficient (Wildman–Crippen LogP) is 3.33. The lowest BCUT2D eigenvalue weighted by molar-refractivity contribution is -0.116. The SMILES string of the molecule is COc1ccc(NS(=O)(=O)c2ccc3c(c2)NC(=O)C[C@H](C)S3)c(OC)c1. The molecule has 3 rings (SSSR count). The van der Waals surface area contributed by atoms with Gasteiger partial charge in [-0.2, -0.15) is 0 Å². The second kappa shape index (κ2) is 7.69. The molecule has 144 valence electrons. The molecule has 27 heavy (non-hydrogen) atoms. The van der Waals surface area contributed by atoms with Crippen molar-refractivity contribution in [3.63, 3.8) is 0 Å². The molecule has 1 atom stereocenters. The molecule has 1 aliphatic rings. The minimum atomic E-state index is -3.87. The molecular formula is C18H20N2O5S2. The van der Waals surface area contributed by atoms with E-state index < -0.39 is 10.0 Å². The Morgan fingerprint density at radius 1 is 1.15 bits per heavy atom. The molecule has 0 saturated carbocycles. The second-order valence-corrected chi connectivity index (χ2v) is 9.17. The van der Waals surface area contributed by atoms with Crippen LogP contribution in [0.2, 0.25) is 0 Å². The van der Waals surface area contributed by atoms with E-state index in [9.17, 15) is 13.2 Å². The highest BCUT2D eigenvalue weighted by Crippen LogP contribution is 2.37. The number of thioether (sulfide) groups is 1. The van der Waals surface area contributed by atoms with E-state index in [0.717, 1.165) is 4.90 Å². The predicted molar refractivity (Wildman–Crippen MR) is 105 cm³/mol. The first kappa shape index (κ1) is 19.4. The Morgan fingerprint density at radius 2 is 1.93 bits per heavy atom. The number of sulfonamides is 1. The van der Waals surface area contributed by atoms with Crippen LogP contribution in [-0.2, 0) is 14.8 Å². The summed E-state index contributed by atoms with van der Waals surface area (Å²) in [5.41, 5.74) is 0.791. The smallest absolute Gasteiger partial charge is 0.262 e. The van der Waals surface area contributed by atoms with Gasteiger partial charge in [0.15, 0.2) is 0 Å². The maximum absolute atomic E-state index is 12.8. The van der Waals surface area contributed by atoms with Crippen LogP contribution in [0.4, 0.5) is 11.4 Å². The maximum atomic E-state index is 12.8. The number of carbonyl (C=O) groups excluding carboxylic acids is 1. The lowest BCUT2D eigenvalue weighted by Gasteiger charge is -2.14. The summed E-state index contributed by atoms with van der Waals surface area (Å²) in [6.45, 7) is 1.96. The van der Waals surface area contributed by atoms with Gasteiger partial charge in [-0.05, 0) is 30.3 Å². The number of amides is 1. The van der Waals surface area contributed by atoms with Gasteiger partial charge in [-0.3, -0.25) is 9.52 Å². The van der Waals surface area contributed by atoms with Gasteiger partial charge in [0.05, 0.1) is 30.5 Å². The summed E-state index contributed by atoms with van der Waals surface area (Å²) < 4.78 is 38.5. The van der Waals surface area contributed by atoms with Crippen molar-refractivity contribution < 1.29 is 22.7 Å². The largest absolute Gasteiger partial charge is 0.497 e. The summed E-state index contributed by atoms with van der Waals surface area (Å²) >= 11 is 1.54. The molecule has 0 bridgehead atoms. The zero-order chi connectivity index (χ0) is 19.6. The summed E-state index contributed by atoms with van der Waals surface area (Å²) in [6.07, 6.45) is 0.378. The van der Waals surface area contributed by atoms with Gasteiger partial charge in [0.2, 0.25) is 5.91 Å². The molecule has 0 aromatic heterocycles. The monoisotopic (exact) mass is 408 g/mol. The number of hydrogen-bond donors (Lipinski definition) is 2. The molecule has 0 spiro atoms. The fourth-order valence-corrected chi connectivity index (χ4v) is 4.83. The summed E-state index contributed by atoms with van der Waals surface area (Å²) in [7, 11) is -0.911. The number of nitrogens with one attached hydrogen (secondary N) is 2.